The molecule has 1 aliphatic rings. The van der Waals surface area contributed by atoms with E-state index >= 15 is 0 Å². The molecule has 0 atom stereocenters. The van der Waals surface area contributed by atoms with Crippen LogP contribution in [0, 0.1) is 0 Å². The molecule has 1 aliphatic carbocycles. The van der Waals surface area contributed by atoms with E-state index in [9.17, 15) is 8.42 Å². The Kier molecular flexibility index (Phi) is 6.02. The molecule has 2 heterocycles. The van der Waals surface area contributed by atoms with Gasteiger partial charge < -0.3 is 10.3 Å². The van der Waals surface area contributed by atoms with Crippen LogP contribution in [0.25, 0.3) is 33.5 Å². The van der Waals surface area contributed by atoms with Crippen molar-refractivity contribution in [2.24, 2.45) is 0 Å². The molecule has 9 heteroatoms. The van der Waals surface area contributed by atoms with Gasteiger partial charge in [0.15, 0.2) is 4.73 Å². The van der Waals surface area contributed by atoms with E-state index in [0.29, 0.717) is 17.1 Å². The van der Waals surface area contributed by atoms with Crippen LogP contribution in [0.3, 0.4) is 0 Å². The zero-order chi connectivity index (χ0) is 24.0. The number of nitrogen functional groups attached to an aromatic ring is 1. The highest BCUT2D eigenvalue weighted by Crippen LogP contribution is 2.41. The van der Waals surface area contributed by atoms with Gasteiger partial charge in [0.25, 0.3) is 0 Å². The summed E-state index contributed by atoms with van der Waals surface area (Å²) >= 11 is 3.74. The Bertz CT molecular complexity index is 1450. The summed E-state index contributed by atoms with van der Waals surface area (Å²) in [6, 6.07) is 16.1. The van der Waals surface area contributed by atoms with Crippen molar-refractivity contribution in [3.05, 3.63) is 53.3 Å². The smallest absolute Gasteiger partial charge is 0.244 e. The van der Waals surface area contributed by atoms with Crippen LogP contribution in [0.2, 0.25) is 0 Å². The van der Waals surface area contributed by atoms with Crippen molar-refractivity contribution >= 4 is 42.9 Å². The van der Waals surface area contributed by atoms with E-state index in [2.05, 4.69) is 25.5 Å². The number of fused-ring (bicyclic) bond motifs is 1. The molecule has 1 fully saturated rings. The SMILES string of the molecule is CC(C)S(=O)(=O)n1c(N)nc2ccc(-c3c(-c4ccccc4)nc(Br)n3C3CCCCC3)cc21. The minimum atomic E-state index is -3.68. The highest BCUT2D eigenvalue weighted by Gasteiger charge is 2.28. The van der Waals surface area contributed by atoms with Crippen LogP contribution in [-0.2, 0) is 10.0 Å². The molecule has 4 aromatic rings. The molecule has 2 aromatic carbocycles. The fraction of sp³-hybridized carbons (Fsp3) is 0.360. The minimum Gasteiger partial charge on any atom is -0.368 e. The maximum absolute atomic E-state index is 13.1. The van der Waals surface area contributed by atoms with Crippen LogP contribution in [0.1, 0.15) is 52.0 Å². The molecule has 2 aromatic heterocycles. The van der Waals surface area contributed by atoms with E-state index in [0.717, 1.165) is 40.1 Å². The third-order valence-corrected chi connectivity index (χ3v) is 9.26. The number of benzene rings is 2. The van der Waals surface area contributed by atoms with Gasteiger partial charge in [0, 0.05) is 17.2 Å². The lowest BCUT2D eigenvalue weighted by atomic mass is 9.94. The Balaban J connectivity index is 1.78. The molecule has 0 bridgehead atoms. The second kappa shape index (κ2) is 8.85. The molecule has 0 unspecified atom stereocenters. The standard InChI is InChI=1S/C25H28BrN5O2S/c1-16(2)34(32,33)31-21-15-18(13-14-20(21)28-25(31)27)23-22(17-9-5-3-6-10-17)29-24(26)30(23)19-11-7-4-8-12-19/h3,5-6,9-10,13-16,19H,4,7-8,11-12H2,1-2H3,(H2,27,28). The quantitative estimate of drug-likeness (QED) is 0.334. The molecular formula is C25H28BrN5O2S. The van der Waals surface area contributed by atoms with Crippen molar-refractivity contribution < 1.29 is 8.42 Å². The number of rotatable bonds is 5. The van der Waals surface area contributed by atoms with Gasteiger partial charge in [-0.25, -0.2) is 22.4 Å². The summed E-state index contributed by atoms with van der Waals surface area (Å²) in [7, 11) is -3.68. The lowest BCUT2D eigenvalue weighted by molar-refractivity contribution is 0.351. The Morgan fingerprint density at radius 1 is 1.00 bits per heavy atom. The number of aromatic nitrogens is 4. The number of halogens is 1. The Labute approximate surface area is 208 Å². The Hall–Kier alpha value is -2.65. The van der Waals surface area contributed by atoms with Gasteiger partial charge >= 0.3 is 0 Å². The van der Waals surface area contributed by atoms with Crippen LogP contribution in [0.15, 0.2) is 53.3 Å². The fourth-order valence-corrected chi connectivity index (χ4v) is 6.64. The normalized spacial score (nSPS) is 15.4. The van der Waals surface area contributed by atoms with Gasteiger partial charge in [0.2, 0.25) is 16.0 Å². The molecule has 0 saturated heterocycles. The molecule has 0 amide bonds. The van der Waals surface area contributed by atoms with Crippen LogP contribution in [0.5, 0.6) is 0 Å². The molecule has 0 aliphatic heterocycles. The largest absolute Gasteiger partial charge is 0.368 e. The third-order valence-electron chi connectivity index (χ3n) is 6.62. The van der Waals surface area contributed by atoms with Gasteiger partial charge in [-0.05, 0) is 54.8 Å². The number of nitrogens with two attached hydrogens (primary N) is 1. The topological polar surface area (TPSA) is 95.8 Å². The van der Waals surface area contributed by atoms with Crippen LogP contribution in [0.4, 0.5) is 5.95 Å². The predicted molar refractivity (Wildman–Crippen MR) is 140 cm³/mol. The van der Waals surface area contributed by atoms with E-state index in [-0.39, 0.29) is 5.95 Å². The lowest BCUT2D eigenvalue weighted by Crippen LogP contribution is -2.23. The number of nitrogens with zero attached hydrogens (tertiary/aromatic N) is 4. The molecule has 2 N–H and O–H groups in total. The van der Waals surface area contributed by atoms with E-state index in [4.69, 9.17) is 10.7 Å². The predicted octanol–water partition coefficient (Wildman–Crippen LogP) is 6.00. The zero-order valence-corrected chi connectivity index (χ0v) is 21.7. The van der Waals surface area contributed by atoms with Gasteiger partial charge in [-0.15, -0.1) is 0 Å². The summed E-state index contributed by atoms with van der Waals surface area (Å²) in [5, 5.41) is -0.627. The van der Waals surface area contributed by atoms with Crippen LogP contribution in [-0.4, -0.2) is 32.2 Å². The van der Waals surface area contributed by atoms with Gasteiger partial charge in [0.05, 0.1) is 27.7 Å². The maximum atomic E-state index is 13.1. The average Bonchev–Trinajstić information content (AvgIpc) is 3.35. The number of imidazole rings is 2. The second-order valence-corrected chi connectivity index (χ2v) is 12.2. The Morgan fingerprint density at radius 2 is 1.71 bits per heavy atom. The van der Waals surface area contributed by atoms with E-state index in [1.165, 1.54) is 23.2 Å². The summed E-state index contributed by atoms with van der Waals surface area (Å²) < 4.78 is 30.4. The van der Waals surface area contributed by atoms with Crippen molar-refractivity contribution in [2.75, 3.05) is 5.73 Å². The van der Waals surface area contributed by atoms with Gasteiger partial charge in [-0.2, -0.15) is 0 Å². The monoisotopic (exact) mass is 541 g/mol. The molecule has 5 rings (SSSR count). The van der Waals surface area contributed by atoms with E-state index in [1.54, 1.807) is 13.8 Å². The molecule has 178 valence electrons. The summed E-state index contributed by atoms with van der Waals surface area (Å²) in [5.74, 6) is -0.0221. The molecule has 0 radical (unpaired) electrons. The number of hydrogen-bond donors (Lipinski definition) is 1. The summed E-state index contributed by atoms with van der Waals surface area (Å²) in [5.41, 5.74) is 10.8. The summed E-state index contributed by atoms with van der Waals surface area (Å²) in [6.07, 6.45) is 5.80. The highest BCUT2D eigenvalue weighted by atomic mass is 79.9. The third kappa shape index (κ3) is 3.84. The first-order chi connectivity index (χ1) is 16.3. The van der Waals surface area contributed by atoms with Crippen molar-refractivity contribution in [3.63, 3.8) is 0 Å². The zero-order valence-electron chi connectivity index (χ0n) is 19.3. The van der Waals surface area contributed by atoms with Crippen molar-refractivity contribution in [1.82, 2.24) is 18.5 Å². The summed E-state index contributed by atoms with van der Waals surface area (Å²) in [6.45, 7) is 3.29. The lowest BCUT2D eigenvalue weighted by Gasteiger charge is -2.26. The van der Waals surface area contributed by atoms with Crippen LogP contribution >= 0.6 is 15.9 Å². The Morgan fingerprint density at radius 3 is 2.38 bits per heavy atom. The van der Waals surface area contributed by atoms with Gasteiger partial charge in [-0.3, -0.25) is 0 Å². The summed E-state index contributed by atoms with van der Waals surface area (Å²) in [4.78, 5) is 9.26. The molecule has 0 spiro atoms. The van der Waals surface area contributed by atoms with Crippen molar-refractivity contribution in [2.45, 2.75) is 57.2 Å². The molecular weight excluding hydrogens is 514 g/mol. The van der Waals surface area contributed by atoms with E-state index in [1.807, 2.05) is 48.5 Å². The fourth-order valence-electron chi connectivity index (χ4n) is 4.85. The van der Waals surface area contributed by atoms with Crippen molar-refractivity contribution in [3.8, 4) is 22.5 Å². The van der Waals surface area contributed by atoms with Gasteiger partial charge in [0.1, 0.15) is 0 Å². The first-order valence-electron chi connectivity index (χ1n) is 11.6. The van der Waals surface area contributed by atoms with Crippen LogP contribution < -0.4 is 5.73 Å². The minimum absolute atomic E-state index is 0.0221. The number of hydrogen-bond acceptors (Lipinski definition) is 5. The molecule has 7 nitrogen and oxygen atoms in total. The van der Waals surface area contributed by atoms with E-state index < -0.39 is 15.3 Å². The number of anilines is 1. The first-order valence-corrected chi connectivity index (χ1v) is 13.9. The first kappa shape index (κ1) is 23.1. The second-order valence-electron chi connectivity index (χ2n) is 9.14. The van der Waals surface area contributed by atoms with Gasteiger partial charge in [-0.1, -0.05) is 55.7 Å². The maximum Gasteiger partial charge on any atom is 0.244 e. The highest BCUT2D eigenvalue weighted by molar-refractivity contribution is 9.10. The average molecular weight is 543 g/mol. The molecule has 34 heavy (non-hydrogen) atoms. The van der Waals surface area contributed by atoms with Crippen molar-refractivity contribution in [1.29, 1.82) is 0 Å². The molecule has 1 saturated carbocycles.